The smallest absolute Gasteiger partial charge is 0.145 e. The number of nitrogens with two attached hydrogens (primary N) is 1. The van der Waals surface area contributed by atoms with E-state index in [1.165, 1.54) is 32.1 Å². The van der Waals surface area contributed by atoms with E-state index in [0.717, 1.165) is 30.6 Å². The maximum absolute atomic E-state index is 5.55. The van der Waals surface area contributed by atoms with Gasteiger partial charge in [0, 0.05) is 25.1 Å². The van der Waals surface area contributed by atoms with Gasteiger partial charge in [0.25, 0.3) is 0 Å². The summed E-state index contributed by atoms with van der Waals surface area (Å²) in [5.74, 6) is 9.30. The molecule has 1 aromatic rings. The number of hydrogen-bond acceptors (Lipinski definition) is 5. The summed E-state index contributed by atoms with van der Waals surface area (Å²) in [5, 5.41) is 0. The van der Waals surface area contributed by atoms with Crippen LogP contribution >= 0.6 is 0 Å². The van der Waals surface area contributed by atoms with Crippen molar-refractivity contribution in [3.05, 3.63) is 11.9 Å². The summed E-state index contributed by atoms with van der Waals surface area (Å²) in [6, 6.07) is 1.96. The van der Waals surface area contributed by atoms with E-state index >= 15 is 0 Å². The Morgan fingerprint density at radius 1 is 1.33 bits per heavy atom. The normalized spacial score (nSPS) is 19.7. The molecule has 1 saturated heterocycles. The lowest BCUT2D eigenvalue weighted by Gasteiger charge is -2.23. The molecule has 0 bridgehead atoms. The number of rotatable bonds is 5. The minimum Gasteiger partial charge on any atom is -0.356 e. The van der Waals surface area contributed by atoms with Crippen molar-refractivity contribution in [1.29, 1.82) is 0 Å². The molecule has 5 heteroatoms. The molecule has 1 atom stereocenters. The van der Waals surface area contributed by atoms with Crippen LogP contribution in [0.1, 0.15) is 64.6 Å². The number of nitrogens with zero attached hydrogens (tertiary/aromatic N) is 3. The van der Waals surface area contributed by atoms with E-state index in [9.17, 15) is 0 Å². The summed E-state index contributed by atoms with van der Waals surface area (Å²) in [4.78, 5) is 11.6. The minimum atomic E-state index is 0.303. The van der Waals surface area contributed by atoms with Gasteiger partial charge in [-0.1, -0.05) is 33.6 Å². The van der Waals surface area contributed by atoms with Gasteiger partial charge in [-0.25, -0.2) is 15.8 Å². The molecule has 0 amide bonds. The highest BCUT2D eigenvalue weighted by Gasteiger charge is 2.19. The number of hydrazine groups is 1. The monoisotopic (exact) mass is 291 g/mol. The van der Waals surface area contributed by atoms with Crippen LogP contribution in [-0.4, -0.2) is 23.1 Å². The van der Waals surface area contributed by atoms with Crippen LogP contribution in [-0.2, 0) is 0 Å². The van der Waals surface area contributed by atoms with Gasteiger partial charge in [0.2, 0.25) is 0 Å². The van der Waals surface area contributed by atoms with Gasteiger partial charge in [0.05, 0.1) is 0 Å². The standard InChI is InChI=1S/C16H29N5/c1-4-6-13-7-5-9-21(10-8-13)15-11-14(20-17)18-16(19-15)12(2)3/h11-13H,4-10,17H2,1-3H3,(H,18,19,20). The molecule has 2 heterocycles. The lowest BCUT2D eigenvalue weighted by Crippen LogP contribution is -2.26. The predicted octanol–water partition coefficient (Wildman–Crippen LogP) is 3.29. The first kappa shape index (κ1) is 16.0. The molecule has 0 aromatic carbocycles. The van der Waals surface area contributed by atoms with Crippen LogP contribution in [0.15, 0.2) is 6.07 Å². The van der Waals surface area contributed by atoms with Crippen LogP contribution in [0, 0.1) is 5.92 Å². The Labute approximate surface area is 128 Å². The zero-order chi connectivity index (χ0) is 15.2. The third kappa shape index (κ3) is 4.30. The van der Waals surface area contributed by atoms with Crippen LogP contribution in [0.2, 0.25) is 0 Å². The summed E-state index contributed by atoms with van der Waals surface area (Å²) in [6.07, 6.45) is 6.49. The number of nitrogen functional groups attached to an aromatic ring is 1. The van der Waals surface area contributed by atoms with Gasteiger partial charge < -0.3 is 10.3 Å². The van der Waals surface area contributed by atoms with Gasteiger partial charge in [-0.3, -0.25) is 0 Å². The molecule has 118 valence electrons. The second-order valence-electron chi connectivity index (χ2n) is 6.34. The number of nitrogens with one attached hydrogen (secondary N) is 1. The fourth-order valence-corrected chi connectivity index (χ4v) is 3.04. The van der Waals surface area contributed by atoms with E-state index in [1.807, 2.05) is 6.07 Å². The molecule has 1 aliphatic heterocycles. The van der Waals surface area contributed by atoms with Crippen molar-refractivity contribution in [3.8, 4) is 0 Å². The largest absolute Gasteiger partial charge is 0.356 e. The van der Waals surface area contributed by atoms with E-state index < -0.39 is 0 Å². The number of anilines is 2. The zero-order valence-electron chi connectivity index (χ0n) is 13.6. The summed E-state index contributed by atoms with van der Waals surface area (Å²) >= 11 is 0. The lowest BCUT2D eigenvalue weighted by molar-refractivity contribution is 0.435. The van der Waals surface area contributed by atoms with Crippen LogP contribution in [0.25, 0.3) is 0 Å². The summed E-state index contributed by atoms with van der Waals surface area (Å²) < 4.78 is 0. The van der Waals surface area contributed by atoms with Crippen molar-refractivity contribution in [2.45, 2.75) is 58.8 Å². The molecule has 1 fully saturated rings. The fourth-order valence-electron chi connectivity index (χ4n) is 3.04. The van der Waals surface area contributed by atoms with E-state index in [4.69, 9.17) is 10.8 Å². The number of hydrogen-bond donors (Lipinski definition) is 2. The molecule has 0 radical (unpaired) electrons. The van der Waals surface area contributed by atoms with Gasteiger partial charge in [0.15, 0.2) is 0 Å². The molecule has 5 nitrogen and oxygen atoms in total. The van der Waals surface area contributed by atoms with Gasteiger partial charge >= 0.3 is 0 Å². The fraction of sp³-hybridized carbons (Fsp3) is 0.750. The lowest BCUT2D eigenvalue weighted by atomic mass is 9.96. The molecule has 3 N–H and O–H groups in total. The van der Waals surface area contributed by atoms with Gasteiger partial charge in [-0.15, -0.1) is 0 Å². The molecule has 21 heavy (non-hydrogen) atoms. The first-order valence-corrected chi connectivity index (χ1v) is 8.24. The second kappa shape index (κ2) is 7.59. The van der Waals surface area contributed by atoms with Crippen molar-refractivity contribution >= 4 is 11.6 Å². The quantitative estimate of drug-likeness (QED) is 0.643. The van der Waals surface area contributed by atoms with E-state index in [-0.39, 0.29) is 0 Å². The van der Waals surface area contributed by atoms with Crippen molar-refractivity contribution in [2.24, 2.45) is 11.8 Å². The van der Waals surface area contributed by atoms with Gasteiger partial charge in [0.1, 0.15) is 17.5 Å². The first-order chi connectivity index (χ1) is 10.1. The summed E-state index contributed by atoms with van der Waals surface area (Å²) in [7, 11) is 0. The van der Waals surface area contributed by atoms with Crippen molar-refractivity contribution < 1.29 is 0 Å². The molecule has 1 aromatic heterocycles. The van der Waals surface area contributed by atoms with Gasteiger partial charge in [-0.2, -0.15) is 0 Å². The molecule has 0 spiro atoms. The predicted molar refractivity (Wildman–Crippen MR) is 88.4 cm³/mol. The molecular formula is C16H29N5. The molecule has 1 aliphatic rings. The van der Waals surface area contributed by atoms with Crippen molar-refractivity contribution in [1.82, 2.24) is 9.97 Å². The van der Waals surface area contributed by atoms with E-state index in [2.05, 4.69) is 36.1 Å². The van der Waals surface area contributed by atoms with Crippen molar-refractivity contribution in [3.63, 3.8) is 0 Å². The first-order valence-electron chi connectivity index (χ1n) is 8.24. The highest BCUT2D eigenvalue weighted by Crippen LogP contribution is 2.26. The Kier molecular flexibility index (Phi) is 5.79. The van der Waals surface area contributed by atoms with Crippen LogP contribution < -0.4 is 16.2 Å². The second-order valence-corrected chi connectivity index (χ2v) is 6.34. The Morgan fingerprint density at radius 2 is 2.14 bits per heavy atom. The maximum atomic E-state index is 5.55. The summed E-state index contributed by atoms with van der Waals surface area (Å²) in [5.41, 5.74) is 2.67. The minimum absolute atomic E-state index is 0.303. The Hall–Kier alpha value is -1.36. The average molecular weight is 291 g/mol. The van der Waals surface area contributed by atoms with Crippen LogP contribution in [0.5, 0.6) is 0 Å². The molecule has 0 aliphatic carbocycles. The molecule has 2 rings (SSSR count). The third-order valence-corrected chi connectivity index (χ3v) is 4.26. The topological polar surface area (TPSA) is 67.1 Å². The molecular weight excluding hydrogens is 262 g/mol. The third-order valence-electron chi connectivity index (χ3n) is 4.26. The SMILES string of the molecule is CCCC1CCCN(c2cc(NN)nc(C(C)C)n2)CC1. The summed E-state index contributed by atoms with van der Waals surface area (Å²) in [6.45, 7) is 8.67. The molecule has 1 unspecified atom stereocenters. The average Bonchev–Trinajstić information content (AvgIpc) is 2.73. The Morgan fingerprint density at radius 3 is 2.81 bits per heavy atom. The highest BCUT2D eigenvalue weighted by atomic mass is 15.3. The van der Waals surface area contributed by atoms with E-state index in [1.54, 1.807) is 0 Å². The van der Waals surface area contributed by atoms with E-state index in [0.29, 0.717) is 11.7 Å². The Bertz CT molecular complexity index is 446. The highest BCUT2D eigenvalue weighted by molar-refractivity contribution is 5.49. The maximum Gasteiger partial charge on any atom is 0.145 e. The van der Waals surface area contributed by atoms with Crippen molar-refractivity contribution in [2.75, 3.05) is 23.4 Å². The van der Waals surface area contributed by atoms with Gasteiger partial charge in [-0.05, 0) is 25.2 Å². The molecule has 0 saturated carbocycles. The van der Waals surface area contributed by atoms with Crippen LogP contribution in [0.3, 0.4) is 0 Å². The number of aromatic nitrogens is 2. The zero-order valence-corrected chi connectivity index (χ0v) is 13.6. The van der Waals surface area contributed by atoms with Crippen LogP contribution in [0.4, 0.5) is 11.6 Å². The Balaban J connectivity index is 2.15.